The van der Waals surface area contributed by atoms with Crippen LogP contribution in [0.25, 0.3) is 10.9 Å². The Labute approximate surface area is 165 Å². The number of rotatable bonds is 6. The van der Waals surface area contributed by atoms with E-state index in [0.717, 1.165) is 48.3 Å². The van der Waals surface area contributed by atoms with Crippen molar-refractivity contribution in [2.75, 3.05) is 19.7 Å². The van der Waals surface area contributed by atoms with Crippen molar-refractivity contribution < 1.29 is 9.53 Å². The lowest BCUT2D eigenvalue weighted by Gasteiger charge is -2.31. The van der Waals surface area contributed by atoms with Gasteiger partial charge in [-0.2, -0.15) is 0 Å². The van der Waals surface area contributed by atoms with E-state index in [9.17, 15) is 4.79 Å². The van der Waals surface area contributed by atoms with E-state index in [1.165, 1.54) is 5.56 Å². The number of aromatic amines is 1. The predicted octanol–water partition coefficient (Wildman–Crippen LogP) is 3.25. The van der Waals surface area contributed by atoms with Crippen LogP contribution in [-0.2, 0) is 29.0 Å². The van der Waals surface area contributed by atoms with Gasteiger partial charge in [-0.3, -0.25) is 9.69 Å². The van der Waals surface area contributed by atoms with E-state index >= 15 is 0 Å². The van der Waals surface area contributed by atoms with E-state index < -0.39 is 0 Å². The molecule has 1 fully saturated rings. The first-order chi connectivity index (χ1) is 13.7. The molecule has 0 spiro atoms. The molecule has 146 valence electrons. The lowest BCUT2D eigenvalue weighted by molar-refractivity contribution is -0.120. The molecule has 1 saturated heterocycles. The summed E-state index contributed by atoms with van der Waals surface area (Å²) in [6.07, 6.45) is 2.60. The highest BCUT2D eigenvalue weighted by molar-refractivity contribution is 5.88. The molecule has 1 aliphatic heterocycles. The van der Waals surface area contributed by atoms with Gasteiger partial charge in [-0.25, -0.2) is 0 Å². The Morgan fingerprint density at radius 3 is 2.96 bits per heavy atom. The van der Waals surface area contributed by atoms with Crippen LogP contribution in [-0.4, -0.2) is 41.6 Å². The molecule has 1 amide bonds. The minimum Gasteiger partial charge on any atom is -0.376 e. The fraction of sp³-hybridized carbons (Fsp3) is 0.348. The van der Waals surface area contributed by atoms with Crippen LogP contribution in [0.15, 0.2) is 54.7 Å². The number of amides is 1. The van der Waals surface area contributed by atoms with E-state index in [2.05, 4.69) is 46.4 Å². The molecule has 1 unspecified atom stereocenters. The Morgan fingerprint density at radius 1 is 1.21 bits per heavy atom. The highest BCUT2D eigenvalue weighted by Gasteiger charge is 2.16. The summed E-state index contributed by atoms with van der Waals surface area (Å²) in [5.41, 5.74) is 4.50. The number of hydrogen-bond acceptors (Lipinski definition) is 3. The van der Waals surface area contributed by atoms with E-state index in [1.807, 2.05) is 30.5 Å². The molecule has 0 aliphatic carbocycles. The van der Waals surface area contributed by atoms with Gasteiger partial charge in [-0.05, 0) is 29.7 Å². The number of carbonyl (C=O) groups excluding carboxylic acids is 1. The fourth-order valence-corrected chi connectivity index (χ4v) is 3.84. The molecule has 5 heteroatoms. The number of benzene rings is 2. The van der Waals surface area contributed by atoms with Crippen molar-refractivity contribution in [3.8, 4) is 0 Å². The Morgan fingerprint density at radius 2 is 2.07 bits per heavy atom. The number of fused-ring (bicyclic) bond motifs is 1. The summed E-state index contributed by atoms with van der Waals surface area (Å²) in [7, 11) is 0. The molecular weight excluding hydrogens is 350 g/mol. The number of hydrogen-bond donors (Lipinski definition) is 2. The quantitative estimate of drug-likeness (QED) is 0.693. The van der Waals surface area contributed by atoms with Crippen molar-refractivity contribution in [1.29, 1.82) is 0 Å². The smallest absolute Gasteiger partial charge is 0.224 e. The van der Waals surface area contributed by atoms with Crippen molar-refractivity contribution in [3.63, 3.8) is 0 Å². The number of nitrogens with zero attached hydrogens (tertiary/aromatic N) is 1. The Hall–Kier alpha value is -2.63. The second-order valence-corrected chi connectivity index (χ2v) is 7.55. The number of carbonyl (C=O) groups is 1. The molecule has 0 radical (unpaired) electrons. The molecule has 1 aromatic heterocycles. The molecule has 2 heterocycles. The topological polar surface area (TPSA) is 57.4 Å². The fourth-order valence-electron chi connectivity index (χ4n) is 3.84. The standard InChI is InChI=1S/C23H27N3O2/c1-17-15-26(9-10-28-17)16-19-6-4-5-18(11-19)13-25-23(27)12-20-14-24-22-8-3-2-7-21(20)22/h2-8,11,14,17,24H,9-10,12-13,15-16H2,1H3,(H,25,27). The zero-order valence-electron chi connectivity index (χ0n) is 16.3. The molecule has 3 aromatic rings. The third-order valence-electron chi connectivity index (χ3n) is 5.24. The van der Waals surface area contributed by atoms with Gasteiger partial charge >= 0.3 is 0 Å². The van der Waals surface area contributed by atoms with Crippen LogP contribution in [0.4, 0.5) is 0 Å². The predicted molar refractivity (Wildman–Crippen MR) is 111 cm³/mol. The van der Waals surface area contributed by atoms with Crippen molar-refractivity contribution >= 4 is 16.8 Å². The monoisotopic (exact) mass is 377 g/mol. The minimum absolute atomic E-state index is 0.0390. The first-order valence-electron chi connectivity index (χ1n) is 9.91. The molecular formula is C23H27N3O2. The maximum atomic E-state index is 12.4. The van der Waals surface area contributed by atoms with E-state index in [0.29, 0.717) is 19.1 Å². The molecule has 4 rings (SSSR count). The van der Waals surface area contributed by atoms with Crippen LogP contribution in [0, 0.1) is 0 Å². The maximum Gasteiger partial charge on any atom is 0.224 e. The van der Waals surface area contributed by atoms with Crippen molar-refractivity contribution in [3.05, 3.63) is 71.4 Å². The number of morpholine rings is 1. The van der Waals surface area contributed by atoms with Gasteiger partial charge in [-0.1, -0.05) is 42.5 Å². The highest BCUT2D eigenvalue weighted by atomic mass is 16.5. The first kappa shape index (κ1) is 18.7. The molecule has 5 nitrogen and oxygen atoms in total. The van der Waals surface area contributed by atoms with Gasteiger partial charge in [0.25, 0.3) is 0 Å². The summed E-state index contributed by atoms with van der Waals surface area (Å²) < 4.78 is 5.61. The summed E-state index contributed by atoms with van der Waals surface area (Å²) in [4.78, 5) is 18.1. The van der Waals surface area contributed by atoms with Crippen LogP contribution >= 0.6 is 0 Å². The van der Waals surface area contributed by atoms with Crippen LogP contribution in [0.3, 0.4) is 0 Å². The lowest BCUT2D eigenvalue weighted by Crippen LogP contribution is -2.40. The highest BCUT2D eigenvalue weighted by Crippen LogP contribution is 2.18. The molecule has 2 N–H and O–H groups in total. The lowest BCUT2D eigenvalue weighted by atomic mass is 10.1. The number of ether oxygens (including phenoxy) is 1. The average Bonchev–Trinajstić information content (AvgIpc) is 3.10. The second-order valence-electron chi connectivity index (χ2n) is 7.55. The van der Waals surface area contributed by atoms with Gasteiger partial charge in [0.2, 0.25) is 5.91 Å². The van der Waals surface area contributed by atoms with Gasteiger partial charge in [0.05, 0.1) is 19.1 Å². The zero-order valence-corrected chi connectivity index (χ0v) is 16.3. The Bertz CT molecular complexity index is 950. The number of H-pyrrole nitrogens is 1. The molecule has 2 aromatic carbocycles. The third kappa shape index (κ3) is 4.61. The Balaban J connectivity index is 1.32. The zero-order chi connectivity index (χ0) is 19.3. The summed E-state index contributed by atoms with van der Waals surface area (Å²) >= 11 is 0. The van der Waals surface area contributed by atoms with Gasteiger partial charge in [0.1, 0.15) is 0 Å². The molecule has 0 bridgehead atoms. The van der Waals surface area contributed by atoms with Crippen molar-refractivity contribution in [2.24, 2.45) is 0 Å². The van der Waals surface area contributed by atoms with E-state index in [-0.39, 0.29) is 5.91 Å². The number of para-hydroxylation sites is 1. The number of nitrogens with one attached hydrogen (secondary N) is 2. The van der Waals surface area contributed by atoms with Crippen LogP contribution in [0.2, 0.25) is 0 Å². The second kappa shape index (κ2) is 8.59. The maximum absolute atomic E-state index is 12.4. The SMILES string of the molecule is CC1CN(Cc2cccc(CNC(=O)Cc3c[nH]c4ccccc34)c2)CCO1. The van der Waals surface area contributed by atoms with Crippen molar-refractivity contribution in [1.82, 2.24) is 15.2 Å². The van der Waals surface area contributed by atoms with Gasteiger partial charge in [-0.15, -0.1) is 0 Å². The van der Waals surface area contributed by atoms with Crippen LogP contribution < -0.4 is 5.32 Å². The van der Waals surface area contributed by atoms with E-state index in [4.69, 9.17) is 4.74 Å². The molecule has 28 heavy (non-hydrogen) atoms. The van der Waals surface area contributed by atoms with Gasteiger partial charge in [0, 0.05) is 43.3 Å². The first-order valence-corrected chi connectivity index (χ1v) is 9.91. The summed E-state index contributed by atoms with van der Waals surface area (Å²) in [6, 6.07) is 16.5. The van der Waals surface area contributed by atoms with Crippen LogP contribution in [0.5, 0.6) is 0 Å². The third-order valence-corrected chi connectivity index (χ3v) is 5.24. The summed E-state index contributed by atoms with van der Waals surface area (Å²) in [6.45, 7) is 6.32. The Kier molecular flexibility index (Phi) is 5.74. The molecule has 1 atom stereocenters. The normalized spacial score (nSPS) is 17.7. The van der Waals surface area contributed by atoms with Crippen LogP contribution in [0.1, 0.15) is 23.6 Å². The molecule has 0 saturated carbocycles. The van der Waals surface area contributed by atoms with E-state index in [1.54, 1.807) is 0 Å². The van der Waals surface area contributed by atoms with Gasteiger partial charge < -0.3 is 15.0 Å². The summed E-state index contributed by atoms with van der Waals surface area (Å²) in [5, 5.41) is 4.16. The van der Waals surface area contributed by atoms with Gasteiger partial charge in [0.15, 0.2) is 0 Å². The molecule has 1 aliphatic rings. The van der Waals surface area contributed by atoms with Crippen molar-refractivity contribution in [2.45, 2.75) is 32.5 Å². The summed E-state index contributed by atoms with van der Waals surface area (Å²) in [5.74, 6) is 0.0390. The largest absolute Gasteiger partial charge is 0.376 e. The number of aromatic nitrogens is 1. The minimum atomic E-state index is 0.0390. The average molecular weight is 377 g/mol.